The highest BCUT2D eigenvalue weighted by molar-refractivity contribution is 5.61. The van der Waals surface area contributed by atoms with Gasteiger partial charge in [-0.25, -0.2) is 4.79 Å². The molecule has 0 aliphatic carbocycles. The third-order valence-electron chi connectivity index (χ3n) is 2.35. The van der Waals surface area contributed by atoms with Crippen LogP contribution >= 0.6 is 0 Å². The van der Waals surface area contributed by atoms with Crippen LogP contribution in [0.15, 0.2) is 30.3 Å². The van der Waals surface area contributed by atoms with E-state index in [9.17, 15) is 4.79 Å². The molecule has 0 saturated heterocycles. The molecule has 1 atom stereocenters. The van der Waals surface area contributed by atoms with E-state index in [4.69, 9.17) is 15.9 Å². The van der Waals surface area contributed by atoms with Gasteiger partial charge in [-0.1, -0.05) is 36.3 Å². The van der Waals surface area contributed by atoms with Crippen molar-refractivity contribution >= 4 is 6.16 Å². The number of benzene rings is 1. The highest BCUT2D eigenvalue weighted by Gasteiger charge is 2.20. The van der Waals surface area contributed by atoms with E-state index in [1.54, 1.807) is 20.8 Å². The van der Waals surface area contributed by atoms with Crippen LogP contribution in [0.2, 0.25) is 0 Å². The van der Waals surface area contributed by atoms with Crippen molar-refractivity contribution in [1.29, 1.82) is 0 Å². The first kappa shape index (κ1) is 15.1. The molecule has 3 nitrogen and oxygen atoms in total. The third-order valence-corrected chi connectivity index (χ3v) is 2.35. The number of ether oxygens (including phenoxy) is 2. The van der Waals surface area contributed by atoms with E-state index < -0.39 is 17.9 Å². The first-order chi connectivity index (χ1) is 8.90. The Kier molecular flexibility index (Phi) is 5.44. The fourth-order valence-corrected chi connectivity index (χ4v) is 1.51. The van der Waals surface area contributed by atoms with E-state index in [0.29, 0.717) is 6.42 Å². The van der Waals surface area contributed by atoms with Crippen LogP contribution in [0.1, 0.15) is 32.8 Å². The van der Waals surface area contributed by atoms with E-state index >= 15 is 0 Å². The molecule has 102 valence electrons. The summed E-state index contributed by atoms with van der Waals surface area (Å²) >= 11 is 0. The monoisotopic (exact) mass is 260 g/mol. The largest absolute Gasteiger partial charge is 0.510 e. The van der Waals surface area contributed by atoms with Crippen molar-refractivity contribution in [2.75, 3.05) is 0 Å². The lowest BCUT2D eigenvalue weighted by atomic mass is 10.1. The molecule has 0 saturated carbocycles. The molecular formula is C16H20O3. The van der Waals surface area contributed by atoms with Gasteiger partial charge in [0.15, 0.2) is 6.10 Å². The summed E-state index contributed by atoms with van der Waals surface area (Å²) in [6.07, 6.45) is 5.43. The molecule has 0 bridgehead atoms. The van der Waals surface area contributed by atoms with Crippen LogP contribution < -0.4 is 0 Å². The molecule has 0 heterocycles. The van der Waals surface area contributed by atoms with Gasteiger partial charge in [0, 0.05) is 6.42 Å². The molecule has 1 aromatic carbocycles. The first-order valence-corrected chi connectivity index (χ1v) is 6.30. The van der Waals surface area contributed by atoms with Gasteiger partial charge in [0.1, 0.15) is 5.60 Å². The summed E-state index contributed by atoms with van der Waals surface area (Å²) in [5, 5.41) is 0. The fourth-order valence-electron chi connectivity index (χ4n) is 1.51. The van der Waals surface area contributed by atoms with E-state index in [0.717, 1.165) is 12.0 Å². The number of carbonyl (C=O) groups is 1. The molecule has 0 radical (unpaired) electrons. The summed E-state index contributed by atoms with van der Waals surface area (Å²) in [6, 6.07) is 9.92. The predicted molar refractivity (Wildman–Crippen MR) is 74.7 cm³/mol. The van der Waals surface area contributed by atoms with Crippen molar-refractivity contribution in [2.24, 2.45) is 0 Å². The molecule has 1 rings (SSSR count). The summed E-state index contributed by atoms with van der Waals surface area (Å²) in [5.74, 6) is 2.47. The zero-order valence-electron chi connectivity index (χ0n) is 11.7. The number of aryl methyl sites for hydroxylation is 1. The predicted octanol–water partition coefficient (Wildman–Crippen LogP) is 3.57. The van der Waals surface area contributed by atoms with Gasteiger partial charge in [-0.05, 0) is 32.8 Å². The number of carbonyl (C=O) groups excluding carboxylic acids is 1. The van der Waals surface area contributed by atoms with Crippen molar-refractivity contribution in [2.45, 2.75) is 45.3 Å². The molecule has 0 spiro atoms. The Bertz CT molecular complexity index is 437. The molecule has 3 heteroatoms. The molecule has 0 aromatic heterocycles. The lowest BCUT2D eigenvalue weighted by Gasteiger charge is -2.20. The molecular weight excluding hydrogens is 240 g/mol. The third kappa shape index (κ3) is 6.52. The Morgan fingerprint density at radius 3 is 2.47 bits per heavy atom. The molecule has 0 N–H and O–H groups in total. The highest BCUT2D eigenvalue weighted by Crippen LogP contribution is 2.12. The Labute approximate surface area is 114 Å². The van der Waals surface area contributed by atoms with Gasteiger partial charge in [-0.2, -0.15) is 0 Å². The van der Waals surface area contributed by atoms with Gasteiger partial charge in [0.2, 0.25) is 0 Å². The maximum atomic E-state index is 11.5. The maximum Gasteiger partial charge on any atom is 0.510 e. The molecule has 0 aliphatic heterocycles. The molecule has 1 unspecified atom stereocenters. The van der Waals surface area contributed by atoms with Crippen LogP contribution in [0.4, 0.5) is 4.79 Å². The van der Waals surface area contributed by atoms with Gasteiger partial charge < -0.3 is 9.47 Å². The first-order valence-electron chi connectivity index (χ1n) is 6.30. The number of terminal acetylenes is 1. The fraction of sp³-hybridized carbons (Fsp3) is 0.438. The van der Waals surface area contributed by atoms with Crippen molar-refractivity contribution in [3.63, 3.8) is 0 Å². The van der Waals surface area contributed by atoms with Crippen LogP contribution in [0.3, 0.4) is 0 Å². The van der Waals surface area contributed by atoms with Crippen LogP contribution in [0, 0.1) is 12.3 Å². The zero-order valence-corrected chi connectivity index (χ0v) is 11.7. The van der Waals surface area contributed by atoms with Crippen molar-refractivity contribution < 1.29 is 14.3 Å². The second-order valence-corrected chi connectivity index (χ2v) is 5.26. The summed E-state index contributed by atoms with van der Waals surface area (Å²) in [4.78, 5) is 11.5. The molecule has 0 aliphatic rings. The van der Waals surface area contributed by atoms with E-state index in [1.165, 1.54) is 0 Å². The van der Waals surface area contributed by atoms with Crippen LogP contribution in [0.5, 0.6) is 0 Å². The average molecular weight is 260 g/mol. The summed E-state index contributed by atoms with van der Waals surface area (Å²) in [5.41, 5.74) is 0.589. The molecule has 0 fully saturated rings. The van der Waals surface area contributed by atoms with E-state index in [2.05, 4.69) is 5.92 Å². The van der Waals surface area contributed by atoms with Gasteiger partial charge in [-0.15, -0.1) is 6.42 Å². The number of rotatable bonds is 4. The van der Waals surface area contributed by atoms with Gasteiger partial charge in [-0.3, -0.25) is 0 Å². The second kappa shape index (κ2) is 6.84. The van der Waals surface area contributed by atoms with Crippen molar-refractivity contribution in [3.8, 4) is 12.3 Å². The molecule has 1 aromatic rings. The highest BCUT2D eigenvalue weighted by atomic mass is 16.7. The van der Waals surface area contributed by atoms with Gasteiger partial charge in [0.05, 0.1) is 0 Å². The van der Waals surface area contributed by atoms with Gasteiger partial charge >= 0.3 is 6.16 Å². The average Bonchev–Trinajstić information content (AvgIpc) is 2.33. The number of hydrogen-bond acceptors (Lipinski definition) is 3. The van der Waals surface area contributed by atoms with E-state index in [1.807, 2.05) is 30.3 Å². The minimum Gasteiger partial charge on any atom is -0.429 e. The Morgan fingerprint density at radius 1 is 1.32 bits per heavy atom. The van der Waals surface area contributed by atoms with Crippen molar-refractivity contribution in [1.82, 2.24) is 0 Å². The summed E-state index contributed by atoms with van der Waals surface area (Å²) in [7, 11) is 0. The summed E-state index contributed by atoms with van der Waals surface area (Å²) in [6.45, 7) is 5.34. The Balaban J connectivity index is 2.43. The van der Waals surface area contributed by atoms with Gasteiger partial charge in [0.25, 0.3) is 0 Å². The smallest absolute Gasteiger partial charge is 0.429 e. The van der Waals surface area contributed by atoms with E-state index in [-0.39, 0.29) is 0 Å². The molecule has 0 amide bonds. The minimum absolute atomic E-state index is 0.560. The number of hydrogen-bond donors (Lipinski definition) is 0. The normalized spacial score (nSPS) is 12.3. The maximum absolute atomic E-state index is 11.5. The molecule has 19 heavy (non-hydrogen) atoms. The van der Waals surface area contributed by atoms with Crippen LogP contribution in [-0.2, 0) is 15.9 Å². The zero-order chi connectivity index (χ0) is 14.3. The SMILES string of the molecule is C#CC(CCc1ccccc1)OC(=O)OC(C)(C)C. The Morgan fingerprint density at radius 2 is 1.95 bits per heavy atom. The van der Waals surface area contributed by atoms with Crippen LogP contribution in [0.25, 0.3) is 0 Å². The standard InChI is InChI=1S/C16H20O3/c1-5-14(18-15(17)19-16(2,3)4)12-11-13-9-7-6-8-10-13/h1,6-10,14H,11-12H2,2-4H3. The minimum atomic E-state index is -0.719. The summed E-state index contributed by atoms with van der Waals surface area (Å²) < 4.78 is 10.2. The Hall–Kier alpha value is -1.95. The second-order valence-electron chi connectivity index (χ2n) is 5.26. The quantitative estimate of drug-likeness (QED) is 0.613. The van der Waals surface area contributed by atoms with Crippen molar-refractivity contribution in [3.05, 3.63) is 35.9 Å². The lowest BCUT2D eigenvalue weighted by molar-refractivity contribution is -0.0178. The topological polar surface area (TPSA) is 35.5 Å². The lowest BCUT2D eigenvalue weighted by Crippen LogP contribution is -2.27. The van der Waals surface area contributed by atoms with Crippen LogP contribution in [-0.4, -0.2) is 17.9 Å².